The van der Waals surface area contributed by atoms with E-state index in [9.17, 15) is 0 Å². The quantitative estimate of drug-likeness (QED) is 0.680. The van der Waals surface area contributed by atoms with Gasteiger partial charge in [-0.15, -0.1) is 0 Å². The van der Waals surface area contributed by atoms with Gasteiger partial charge < -0.3 is 4.57 Å². The molecular formula is C9H13N3. The van der Waals surface area contributed by atoms with Crippen LogP contribution in [0.2, 0.25) is 0 Å². The van der Waals surface area contributed by atoms with Crippen molar-refractivity contribution in [1.29, 1.82) is 5.26 Å². The number of hydrogen-bond acceptors (Lipinski definition) is 2. The lowest BCUT2D eigenvalue weighted by atomic mass is 10.4. The van der Waals surface area contributed by atoms with Crippen LogP contribution in [-0.2, 0) is 13.0 Å². The molecule has 3 heteroatoms. The molecule has 0 N–H and O–H groups in total. The van der Waals surface area contributed by atoms with Gasteiger partial charge in [0.15, 0.2) is 0 Å². The van der Waals surface area contributed by atoms with E-state index >= 15 is 0 Å². The summed E-state index contributed by atoms with van der Waals surface area (Å²) in [5, 5.41) is 8.41. The number of nitriles is 1. The van der Waals surface area contributed by atoms with Crippen LogP contribution >= 0.6 is 0 Å². The van der Waals surface area contributed by atoms with Crippen molar-refractivity contribution in [2.75, 3.05) is 0 Å². The lowest BCUT2D eigenvalue weighted by molar-refractivity contribution is 0.670. The van der Waals surface area contributed by atoms with Gasteiger partial charge in [-0.05, 0) is 6.92 Å². The maximum Gasteiger partial charge on any atom is 0.108 e. The molecule has 0 unspecified atom stereocenters. The Hall–Kier alpha value is -1.30. The second-order valence-corrected chi connectivity index (χ2v) is 2.75. The Morgan fingerprint density at radius 1 is 1.67 bits per heavy atom. The summed E-state index contributed by atoms with van der Waals surface area (Å²) in [4.78, 5) is 4.34. The number of aryl methyl sites for hydroxylation is 3. The maximum atomic E-state index is 8.41. The summed E-state index contributed by atoms with van der Waals surface area (Å²) in [6.45, 7) is 4.81. The first kappa shape index (κ1) is 8.79. The Kier molecular flexibility index (Phi) is 2.87. The van der Waals surface area contributed by atoms with Crippen molar-refractivity contribution < 1.29 is 0 Å². The molecule has 0 aliphatic rings. The molecule has 1 rings (SSSR count). The van der Waals surface area contributed by atoms with E-state index in [-0.39, 0.29) is 0 Å². The lowest BCUT2D eigenvalue weighted by Gasteiger charge is -2.01. The van der Waals surface area contributed by atoms with Crippen LogP contribution in [0.4, 0.5) is 0 Å². The molecule has 0 aliphatic heterocycles. The van der Waals surface area contributed by atoms with Gasteiger partial charge in [0.2, 0.25) is 0 Å². The van der Waals surface area contributed by atoms with Gasteiger partial charge in [-0.25, -0.2) is 4.98 Å². The molecule has 0 aliphatic carbocycles. The molecule has 3 nitrogen and oxygen atoms in total. The summed E-state index contributed by atoms with van der Waals surface area (Å²) >= 11 is 0. The first-order valence-electron chi connectivity index (χ1n) is 4.17. The summed E-state index contributed by atoms with van der Waals surface area (Å²) in [6.07, 6.45) is 3.48. The van der Waals surface area contributed by atoms with Crippen LogP contribution in [0.5, 0.6) is 0 Å². The maximum absolute atomic E-state index is 8.41. The number of nitrogens with zero attached hydrogens (tertiary/aromatic N) is 3. The number of aromatic nitrogens is 2. The predicted octanol–water partition coefficient (Wildman–Crippen LogP) is 1.67. The van der Waals surface area contributed by atoms with Gasteiger partial charge in [0, 0.05) is 19.2 Å². The summed E-state index contributed by atoms with van der Waals surface area (Å²) in [5.41, 5.74) is 1.03. The third-order valence-corrected chi connectivity index (χ3v) is 1.76. The zero-order chi connectivity index (χ0) is 8.97. The SMILES string of the molecule is CCc1nc(C)cn1CCC#N. The fraction of sp³-hybridized carbons (Fsp3) is 0.556. The van der Waals surface area contributed by atoms with Crippen molar-refractivity contribution in [3.63, 3.8) is 0 Å². The minimum absolute atomic E-state index is 0.558. The van der Waals surface area contributed by atoms with Gasteiger partial charge in [-0.1, -0.05) is 6.92 Å². The molecule has 64 valence electrons. The third-order valence-electron chi connectivity index (χ3n) is 1.76. The molecule has 0 atom stereocenters. The minimum Gasteiger partial charge on any atom is -0.334 e. The molecule has 0 aromatic carbocycles. The van der Waals surface area contributed by atoms with E-state index in [1.807, 2.05) is 13.1 Å². The van der Waals surface area contributed by atoms with Crippen LogP contribution in [0, 0.1) is 18.3 Å². The number of imidazole rings is 1. The van der Waals surface area contributed by atoms with Gasteiger partial charge in [-0.2, -0.15) is 5.26 Å². The van der Waals surface area contributed by atoms with Gasteiger partial charge in [-0.3, -0.25) is 0 Å². The van der Waals surface area contributed by atoms with Crippen LogP contribution < -0.4 is 0 Å². The normalized spacial score (nSPS) is 9.75. The Bertz CT molecular complexity index is 293. The number of hydrogen-bond donors (Lipinski definition) is 0. The highest BCUT2D eigenvalue weighted by Gasteiger charge is 2.01. The molecule has 0 saturated heterocycles. The monoisotopic (exact) mass is 163 g/mol. The summed E-state index contributed by atoms with van der Waals surface area (Å²) in [5.74, 6) is 1.07. The highest BCUT2D eigenvalue weighted by Crippen LogP contribution is 2.03. The van der Waals surface area contributed by atoms with Crippen LogP contribution in [0.3, 0.4) is 0 Å². The van der Waals surface area contributed by atoms with Gasteiger partial charge in [0.25, 0.3) is 0 Å². The highest BCUT2D eigenvalue weighted by molar-refractivity contribution is 5.02. The fourth-order valence-electron chi connectivity index (χ4n) is 1.24. The highest BCUT2D eigenvalue weighted by atomic mass is 15.1. The van der Waals surface area contributed by atoms with Crippen molar-refractivity contribution in [2.45, 2.75) is 33.2 Å². The standard InChI is InChI=1S/C9H13N3/c1-3-9-11-8(2)7-12(9)6-4-5-10/h7H,3-4,6H2,1-2H3. The number of rotatable bonds is 3. The first-order valence-corrected chi connectivity index (χ1v) is 4.17. The summed E-state index contributed by atoms with van der Waals surface area (Å²) in [6, 6.07) is 2.13. The molecule has 1 aromatic rings. The molecule has 0 amide bonds. The van der Waals surface area contributed by atoms with E-state index in [0.717, 1.165) is 24.5 Å². The van der Waals surface area contributed by atoms with Crippen molar-refractivity contribution in [1.82, 2.24) is 9.55 Å². The van der Waals surface area contributed by atoms with Gasteiger partial charge in [0.1, 0.15) is 5.82 Å². The molecule has 0 radical (unpaired) electrons. The van der Waals surface area contributed by atoms with E-state index in [1.165, 1.54) is 0 Å². The van der Waals surface area contributed by atoms with Crippen LogP contribution in [0.15, 0.2) is 6.20 Å². The zero-order valence-electron chi connectivity index (χ0n) is 7.54. The van der Waals surface area contributed by atoms with Crippen molar-refractivity contribution >= 4 is 0 Å². The Balaban J connectivity index is 2.76. The van der Waals surface area contributed by atoms with Crippen molar-refractivity contribution in [2.24, 2.45) is 0 Å². The molecular weight excluding hydrogens is 150 g/mol. The summed E-state index contributed by atoms with van der Waals surface area (Å²) < 4.78 is 2.05. The zero-order valence-corrected chi connectivity index (χ0v) is 7.54. The lowest BCUT2D eigenvalue weighted by Crippen LogP contribution is -2.00. The third kappa shape index (κ3) is 1.85. The fourth-order valence-corrected chi connectivity index (χ4v) is 1.24. The average Bonchev–Trinajstić information content (AvgIpc) is 2.42. The van der Waals surface area contributed by atoms with E-state index in [1.54, 1.807) is 0 Å². The predicted molar refractivity (Wildman–Crippen MR) is 46.6 cm³/mol. The molecule has 12 heavy (non-hydrogen) atoms. The topological polar surface area (TPSA) is 41.6 Å². The molecule has 0 saturated carbocycles. The molecule has 1 aromatic heterocycles. The van der Waals surface area contributed by atoms with E-state index in [4.69, 9.17) is 5.26 Å². The van der Waals surface area contributed by atoms with E-state index in [0.29, 0.717) is 6.42 Å². The largest absolute Gasteiger partial charge is 0.334 e. The molecule has 0 spiro atoms. The van der Waals surface area contributed by atoms with Gasteiger partial charge >= 0.3 is 0 Å². The smallest absolute Gasteiger partial charge is 0.108 e. The van der Waals surface area contributed by atoms with Crippen LogP contribution in [0.25, 0.3) is 0 Å². The summed E-state index contributed by atoms with van der Waals surface area (Å²) in [7, 11) is 0. The Labute approximate surface area is 72.7 Å². The average molecular weight is 163 g/mol. The van der Waals surface area contributed by atoms with Gasteiger partial charge in [0.05, 0.1) is 18.2 Å². The van der Waals surface area contributed by atoms with Crippen LogP contribution in [0.1, 0.15) is 24.9 Å². The Morgan fingerprint density at radius 3 is 3.00 bits per heavy atom. The molecule has 0 fully saturated rings. The second kappa shape index (κ2) is 3.91. The minimum atomic E-state index is 0.558. The Morgan fingerprint density at radius 2 is 2.42 bits per heavy atom. The van der Waals surface area contributed by atoms with Crippen LogP contribution in [-0.4, -0.2) is 9.55 Å². The second-order valence-electron chi connectivity index (χ2n) is 2.75. The van der Waals surface area contributed by atoms with E-state index < -0.39 is 0 Å². The van der Waals surface area contributed by atoms with Crippen molar-refractivity contribution in [3.8, 4) is 6.07 Å². The molecule has 0 bridgehead atoms. The van der Waals surface area contributed by atoms with Crippen molar-refractivity contribution in [3.05, 3.63) is 17.7 Å². The first-order chi connectivity index (χ1) is 5.77. The molecule has 1 heterocycles. The van der Waals surface area contributed by atoms with E-state index in [2.05, 4.69) is 22.5 Å².